The number of fused-ring (bicyclic) bond motifs is 3. The van der Waals surface area contributed by atoms with E-state index >= 15 is 0 Å². The van der Waals surface area contributed by atoms with Crippen LogP contribution in [-0.4, -0.2) is 15.0 Å². The number of rotatable bonds is 4. The molecule has 0 atom stereocenters. The first kappa shape index (κ1) is 24.7. The molecule has 4 aliphatic rings. The summed E-state index contributed by atoms with van der Waals surface area (Å²) in [7, 11) is 0. The van der Waals surface area contributed by atoms with Gasteiger partial charge in [0.2, 0.25) is 0 Å². The van der Waals surface area contributed by atoms with E-state index in [0.29, 0.717) is 34.0 Å². The summed E-state index contributed by atoms with van der Waals surface area (Å²) in [6, 6.07) is 33.0. The van der Waals surface area contributed by atoms with Crippen LogP contribution in [0.2, 0.25) is 0 Å². The highest BCUT2D eigenvalue weighted by Crippen LogP contribution is 2.60. The number of para-hydroxylation sites is 1. The molecule has 0 unspecified atom stereocenters. The van der Waals surface area contributed by atoms with Crippen molar-refractivity contribution in [3.05, 3.63) is 102 Å². The van der Waals surface area contributed by atoms with Gasteiger partial charge in [0.1, 0.15) is 11.2 Å². The molecule has 5 nitrogen and oxygen atoms in total. The Morgan fingerprint density at radius 1 is 0.651 bits per heavy atom. The first-order valence-corrected chi connectivity index (χ1v) is 15.4. The van der Waals surface area contributed by atoms with E-state index in [9.17, 15) is 5.26 Å². The molecule has 4 saturated carbocycles. The van der Waals surface area contributed by atoms with Crippen molar-refractivity contribution in [3.63, 3.8) is 0 Å². The number of nitrogens with zero attached hydrogens (tertiary/aromatic N) is 4. The van der Waals surface area contributed by atoms with E-state index < -0.39 is 0 Å². The summed E-state index contributed by atoms with van der Waals surface area (Å²) < 4.78 is 6.35. The lowest BCUT2D eigenvalue weighted by Crippen LogP contribution is -2.48. The Balaban J connectivity index is 1.17. The fraction of sp³-hybridized carbons (Fsp3) is 0.263. The zero-order valence-electron chi connectivity index (χ0n) is 23.8. The van der Waals surface area contributed by atoms with Crippen LogP contribution in [-0.2, 0) is 5.41 Å². The standard InChI is InChI=1S/C38H30N4O/c39-22-23-9-14-33-32(18-23)30-7-4-8-31(34(30)43-33)37-41-35(27-5-2-1-3-6-27)40-36(42-37)28-10-12-29(13-11-28)38-19-24-15-25(20-38)17-26(16-24)21-38/h1-14,18,24-26H,15-17,19-21H2/t24-,25+,26?,38?. The molecule has 10 rings (SSSR count). The normalized spacial score (nSPS) is 24.0. The smallest absolute Gasteiger partial charge is 0.167 e. The maximum absolute atomic E-state index is 9.46. The van der Waals surface area contributed by atoms with Gasteiger partial charge in [-0.15, -0.1) is 0 Å². The molecule has 4 aliphatic carbocycles. The van der Waals surface area contributed by atoms with Gasteiger partial charge in [-0.1, -0.05) is 66.7 Å². The van der Waals surface area contributed by atoms with Gasteiger partial charge in [0.05, 0.1) is 17.2 Å². The Labute approximate surface area is 250 Å². The molecule has 0 saturated heterocycles. The third-order valence-corrected chi connectivity index (χ3v) is 10.3. The fourth-order valence-corrected chi connectivity index (χ4v) is 8.82. The first-order valence-electron chi connectivity index (χ1n) is 15.4. The van der Waals surface area contributed by atoms with Gasteiger partial charge < -0.3 is 4.42 Å². The fourth-order valence-electron chi connectivity index (χ4n) is 8.82. The molecule has 208 valence electrons. The maximum atomic E-state index is 9.46. The van der Waals surface area contributed by atoms with Gasteiger partial charge in [0.25, 0.3) is 0 Å². The van der Waals surface area contributed by atoms with E-state index in [1.165, 1.54) is 44.1 Å². The van der Waals surface area contributed by atoms with Gasteiger partial charge in [0, 0.05) is 21.9 Å². The molecule has 2 heterocycles. The molecule has 4 aromatic carbocycles. The lowest BCUT2D eigenvalue weighted by Gasteiger charge is -2.57. The second-order valence-electron chi connectivity index (χ2n) is 13.1. The Kier molecular flexibility index (Phi) is 5.38. The molecule has 43 heavy (non-hydrogen) atoms. The zero-order valence-corrected chi connectivity index (χ0v) is 23.8. The minimum atomic E-state index is 0.356. The van der Waals surface area contributed by atoms with Gasteiger partial charge >= 0.3 is 0 Å². The van der Waals surface area contributed by atoms with Crippen molar-refractivity contribution >= 4 is 21.9 Å². The Morgan fingerprint density at radius 3 is 1.98 bits per heavy atom. The van der Waals surface area contributed by atoms with E-state index in [2.05, 4.69) is 30.3 Å². The first-order chi connectivity index (χ1) is 21.1. The van der Waals surface area contributed by atoms with Crippen molar-refractivity contribution in [2.75, 3.05) is 0 Å². The average molecular weight is 559 g/mol. The molecule has 0 spiro atoms. The summed E-state index contributed by atoms with van der Waals surface area (Å²) in [4.78, 5) is 15.0. The minimum absolute atomic E-state index is 0.356. The van der Waals surface area contributed by atoms with Crippen molar-refractivity contribution in [1.82, 2.24) is 15.0 Å². The molecule has 0 N–H and O–H groups in total. The van der Waals surface area contributed by atoms with Crippen LogP contribution in [0.1, 0.15) is 49.7 Å². The molecule has 0 aliphatic heterocycles. The number of benzene rings is 4. The largest absolute Gasteiger partial charge is 0.455 e. The quantitative estimate of drug-likeness (QED) is 0.216. The Bertz CT molecular complexity index is 2030. The summed E-state index contributed by atoms with van der Waals surface area (Å²) in [5, 5.41) is 11.3. The second-order valence-corrected chi connectivity index (χ2v) is 13.1. The highest BCUT2D eigenvalue weighted by molar-refractivity contribution is 6.09. The predicted molar refractivity (Wildman–Crippen MR) is 168 cm³/mol. The number of nitriles is 1. The highest BCUT2D eigenvalue weighted by Gasteiger charge is 2.51. The van der Waals surface area contributed by atoms with Crippen LogP contribution < -0.4 is 0 Å². The Hall–Kier alpha value is -4.82. The summed E-state index contributed by atoms with van der Waals surface area (Å²) >= 11 is 0. The SMILES string of the molecule is N#Cc1ccc2oc3c(-c4nc(-c5ccccc5)nc(-c5ccc(C67CC8C[C@H](C6)C[C@@H](C8)C7)cc5)n4)cccc3c2c1. The topological polar surface area (TPSA) is 75.6 Å². The summed E-state index contributed by atoms with van der Waals surface area (Å²) in [5.74, 6) is 4.60. The lowest BCUT2D eigenvalue weighted by atomic mass is 9.48. The third-order valence-electron chi connectivity index (χ3n) is 10.3. The molecule has 2 aromatic heterocycles. The predicted octanol–water partition coefficient (Wildman–Crippen LogP) is 9.11. The average Bonchev–Trinajstić information content (AvgIpc) is 3.42. The third kappa shape index (κ3) is 4.01. The zero-order chi connectivity index (χ0) is 28.5. The molecule has 4 fully saturated rings. The van der Waals surface area contributed by atoms with Crippen LogP contribution >= 0.6 is 0 Å². The molecule has 6 aromatic rings. The van der Waals surface area contributed by atoms with Crippen LogP contribution in [0, 0.1) is 29.1 Å². The van der Waals surface area contributed by atoms with Crippen molar-refractivity contribution in [1.29, 1.82) is 5.26 Å². The molecular formula is C38H30N4O. The van der Waals surface area contributed by atoms with E-state index in [4.69, 9.17) is 19.4 Å². The number of furan rings is 1. The summed E-state index contributed by atoms with van der Waals surface area (Å²) in [6.45, 7) is 0. The van der Waals surface area contributed by atoms with Crippen molar-refractivity contribution in [3.8, 4) is 40.2 Å². The number of aromatic nitrogens is 3. The monoisotopic (exact) mass is 558 g/mol. The lowest BCUT2D eigenvalue weighted by molar-refractivity contribution is -0.00518. The molecule has 4 bridgehead atoms. The van der Waals surface area contributed by atoms with Crippen molar-refractivity contribution in [2.24, 2.45) is 17.8 Å². The van der Waals surface area contributed by atoms with E-state index in [-0.39, 0.29) is 0 Å². The second kappa shape index (κ2) is 9.34. The van der Waals surface area contributed by atoms with Crippen LogP contribution in [0.15, 0.2) is 95.4 Å². The van der Waals surface area contributed by atoms with E-state index in [1.54, 1.807) is 6.07 Å². The summed E-state index contributed by atoms with van der Waals surface area (Å²) in [6.07, 6.45) is 8.40. The van der Waals surface area contributed by atoms with Crippen LogP contribution in [0.3, 0.4) is 0 Å². The minimum Gasteiger partial charge on any atom is -0.455 e. The van der Waals surface area contributed by atoms with Gasteiger partial charge in [-0.25, -0.2) is 15.0 Å². The molecule has 5 heteroatoms. The van der Waals surface area contributed by atoms with Crippen LogP contribution in [0.25, 0.3) is 56.1 Å². The Morgan fingerprint density at radius 2 is 1.30 bits per heavy atom. The number of hydrogen-bond donors (Lipinski definition) is 0. The van der Waals surface area contributed by atoms with Gasteiger partial charge in [-0.3, -0.25) is 0 Å². The van der Waals surface area contributed by atoms with Crippen LogP contribution in [0.4, 0.5) is 0 Å². The number of hydrogen-bond acceptors (Lipinski definition) is 5. The van der Waals surface area contributed by atoms with Crippen molar-refractivity contribution < 1.29 is 4.42 Å². The van der Waals surface area contributed by atoms with Gasteiger partial charge in [0.15, 0.2) is 17.5 Å². The molecular weight excluding hydrogens is 528 g/mol. The van der Waals surface area contributed by atoms with Gasteiger partial charge in [-0.05, 0) is 91.5 Å². The van der Waals surface area contributed by atoms with Crippen LogP contribution in [0.5, 0.6) is 0 Å². The van der Waals surface area contributed by atoms with E-state index in [1.807, 2.05) is 60.7 Å². The maximum Gasteiger partial charge on any atom is 0.167 e. The summed E-state index contributed by atoms with van der Waals surface area (Å²) in [5.41, 5.74) is 6.63. The van der Waals surface area contributed by atoms with Crippen molar-refractivity contribution in [2.45, 2.75) is 43.9 Å². The highest BCUT2D eigenvalue weighted by atomic mass is 16.3. The molecule has 0 radical (unpaired) electrons. The van der Waals surface area contributed by atoms with Gasteiger partial charge in [-0.2, -0.15) is 5.26 Å². The molecule has 0 amide bonds. The van der Waals surface area contributed by atoms with E-state index in [0.717, 1.165) is 50.8 Å².